The van der Waals surface area contributed by atoms with Crippen LogP contribution in [0.3, 0.4) is 0 Å². The molecule has 0 saturated heterocycles. The Hall–Kier alpha value is -0.470. The molecule has 1 N–H and O–H groups in total. The van der Waals surface area contributed by atoms with Gasteiger partial charge in [-0.05, 0) is 46.8 Å². The molecular formula is C13H20OS. The molecule has 0 fully saturated rings. The van der Waals surface area contributed by atoms with Crippen molar-refractivity contribution in [1.82, 2.24) is 0 Å². The van der Waals surface area contributed by atoms with Gasteiger partial charge >= 0.3 is 0 Å². The van der Waals surface area contributed by atoms with Crippen LogP contribution in [0.4, 0.5) is 0 Å². The molecule has 0 atom stereocenters. The minimum Gasteiger partial charge on any atom is -0.389 e. The fourth-order valence-electron chi connectivity index (χ4n) is 1.10. The zero-order chi connectivity index (χ0) is 11.7. The lowest BCUT2D eigenvalue weighted by molar-refractivity contribution is 0.0492. The molecule has 0 unspecified atom stereocenters. The van der Waals surface area contributed by atoms with Crippen molar-refractivity contribution in [3.05, 3.63) is 29.8 Å². The molecule has 0 heterocycles. The van der Waals surface area contributed by atoms with Crippen molar-refractivity contribution in [2.45, 2.75) is 49.9 Å². The Morgan fingerprint density at radius 1 is 1.13 bits per heavy atom. The highest BCUT2D eigenvalue weighted by atomic mass is 32.2. The number of aryl methyl sites for hydroxylation is 1. The summed E-state index contributed by atoms with van der Waals surface area (Å²) in [5.41, 5.74) is 0.563. The maximum absolute atomic E-state index is 10.1. The van der Waals surface area contributed by atoms with E-state index in [-0.39, 0.29) is 4.75 Å². The van der Waals surface area contributed by atoms with Gasteiger partial charge in [0.25, 0.3) is 0 Å². The molecule has 0 aliphatic carbocycles. The summed E-state index contributed by atoms with van der Waals surface area (Å²) in [4.78, 5) is 1.21. The summed E-state index contributed by atoms with van der Waals surface area (Å²) in [6.07, 6.45) is 0. The van der Waals surface area contributed by atoms with Crippen LogP contribution in [0, 0.1) is 6.92 Å². The first-order valence-corrected chi connectivity index (χ1v) is 6.02. The molecule has 0 saturated carbocycles. The van der Waals surface area contributed by atoms with Gasteiger partial charge in [0.15, 0.2) is 0 Å². The lowest BCUT2D eigenvalue weighted by Crippen LogP contribution is -2.42. The minimum absolute atomic E-state index is 0.194. The Kier molecular flexibility index (Phi) is 3.51. The van der Waals surface area contributed by atoms with E-state index < -0.39 is 5.60 Å². The molecule has 1 aromatic carbocycles. The van der Waals surface area contributed by atoms with Gasteiger partial charge in [-0.2, -0.15) is 0 Å². The Balaban J connectivity index is 2.87. The molecule has 0 amide bonds. The third kappa shape index (κ3) is 3.25. The third-order valence-electron chi connectivity index (χ3n) is 2.84. The highest BCUT2D eigenvalue weighted by Gasteiger charge is 2.35. The van der Waals surface area contributed by atoms with Gasteiger partial charge in [-0.15, -0.1) is 11.8 Å². The maximum atomic E-state index is 10.1. The third-order valence-corrected chi connectivity index (χ3v) is 4.34. The highest BCUT2D eigenvalue weighted by molar-refractivity contribution is 8.00. The van der Waals surface area contributed by atoms with E-state index in [1.807, 2.05) is 13.8 Å². The fraction of sp³-hybridized carbons (Fsp3) is 0.538. The van der Waals surface area contributed by atoms with Crippen LogP contribution in [-0.4, -0.2) is 15.5 Å². The summed E-state index contributed by atoms with van der Waals surface area (Å²) in [6, 6.07) is 8.38. The summed E-state index contributed by atoms with van der Waals surface area (Å²) in [5.74, 6) is 0. The molecule has 84 valence electrons. The summed E-state index contributed by atoms with van der Waals surface area (Å²) in [5, 5.41) is 10.1. The van der Waals surface area contributed by atoms with Crippen LogP contribution < -0.4 is 0 Å². The number of aliphatic hydroxyl groups is 1. The molecule has 0 aromatic heterocycles. The van der Waals surface area contributed by atoms with E-state index in [1.54, 1.807) is 11.8 Å². The van der Waals surface area contributed by atoms with E-state index in [9.17, 15) is 5.11 Å². The van der Waals surface area contributed by atoms with Gasteiger partial charge in [0.05, 0.1) is 5.60 Å². The first-order valence-electron chi connectivity index (χ1n) is 5.20. The van der Waals surface area contributed by atoms with Gasteiger partial charge in [0.2, 0.25) is 0 Å². The number of thioether (sulfide) groups is 1. The minimum atomic E-state index is -0.693. The highest BCUT2D eigenvalue weighted by Crippen LogP contribution is 2.40. The normalized spacial score (nSPS) is 12.9. The van der Waals surface area contributed by atoms with Crippen LogP contribution >= 0.6 is 11.8 Å². The first-order chi connectivity index (χ1) is 6.72. The van der Waals surface area contributed by atoms with Crippen LogP contribution in [0.25, 0.3) is 0 Å². The number of hydrogen-bond acceptors (Lipinski definition) is 2. The summed E-state index contributed by atoms with van der Waals surface area (Å²) >= 11 is 1.72. The van der Waals surface area contributed by atoms with Crippen LogP contribution in [-0.2, 0) is 0 Å². The average molecular weight is 224 g/mol. The van der Waals surface area contributed by atoms with Crippen molar-refractivity contribution >= 4 is 11.8 Å². The van der Waals surface area contributed by atoms with Gasteiger partial charge in [0, 0.05) is 9.64 Å². The monoisotopic (exact) mass is 224 g/mol. The van der Waals surface area contributed by atoms with Crippen molar-refractivity contribution in [3.8, 4) is 0 Å². The van der Waals surface area contributed by atoms with Crippen LogP contribution in [0.5, 0.6) is 0 Å². The number of rotatable bonds is 3. The Bertz CT molecular complexity index is 337. The van der Waals surface area contributed by atoms with Crippen LogP contribution in [0.15, 0.2) is 29.2 Å². The van der Waals surface area contributed by atoms with E-state index in [0.717, 1.165) is 0 Å². The fourth-order valence-corrected chi connectivity index (χ4v) is 2.33. The molecule has 1 nitrogen and oxygen atoms in total. The molecule has 1 aromatic rings. The molecule has 1 rings (SSSR count). The number of benzene rings is 1. The van der Waals surface area contributed by atoms with Gasteiger partial charge in [0.1, 0.15) is 0 Å². The van der Waals surface area contributed by atoms with Gasteiger partial charge in [-0.25, -0.2) is 0 Å². The number of hydrogen-bond donors (Lipinski definition) is 1. The lowest BCUT2D eigenvalue weighted by atomic mass is 9.94. The van der Waals surface area contributed by atoms with E-state index in [4.69, 9.17) is 0 Å². The second-order valence-corrected chi connectivity index (χ2v) is 6.68. The Morgan fingerprint density at radius 2 is 1.73 bits per heavy atom. The average Bonchev–Trinajstić information content (AvgIpc) is 2.00. The van der Waals surface area contributed by atoms with Crippen LogP contribution in [0.2, 0.25) is 0 Å². The quantitative estimate of drug-likeness (QED) is 0.791. The van der Waals surface area contributed by atoms with Crippen molar-refractivity contribution < 1.29 is 5.11 Å². The summed E-state index contributed by atoms with van der Waals surface area (Å²) in [6.45, 7) is 9.94. The zero-order valence-electron chi connectivity index (χ0n) is 10.2. The second-order valence-electron chi connectivity index (χ2n) is 4.99. The van der Waals surface area contributed by atoms with Gasteiger partial charge < -0.3 is 5.11 Å². The van der Waals surface area contributed by atoms with Crippen molar-refractivity contribution in [2.24, 2.45) is 0 Å². The van der Waals surface area contributed by atoms with Crippen LogP contribution in [0.1, 0.15) is 33.3 Å². The first kappa shape index (κ1) is 12.6. The summed E-state index contributed by atoms with van der Waals surface area (Å²) < 4.78 is -0.194. The largest absolute Gasteiger partial charge is 0.389 e. The van der Waals surface area contributed by atoms with E-state index in [1.165, 1.54) is 10.5 Å². The predicted molar refractivity (Wildman–Crippen MR) is 67.4 cm³/mol. The zero-order valence-corrected chi connectivity index (χ0v) is 11.0. The Labute approximate surface area is 96.9 Å². The molecule has 0 spiro atoms. The molecule has 0 aliphatic rings. The smallest absolute Gasteiger partial charge is 0.0735 e. The molecule has 0 aliphatic heterocycles. The SMILES string of the molecule is Cc1cccc(SC(C)(C)C(C)(C)O)c1. The van der Waals surface area contributed by atoms with Crippen molar-refractivity contribution in [3.63, 3.8) is 0 Å². The molecule has 15 heavy (non-hydrogen) atoms. The van der Waals surface area contributed by atoms with Crippen molar-refractivity contribution in [1.29, 1.82) is 0 Å². The molecule has 0 radical (unpaired) electrons. The lowest BCUT2D eigenvalue weighted by Gasteiger charge is -2.36. The molecular weight excluding hydrogens is 204 g/mol. The Morgan fingerprint density at radius 3 is 2.20 bits per heavy atom. The van der Waals surface area contributed by atoms with E-state index in [0.29, 0.717) is 0 Å². The topological polar surface area (TPSA) is 20.2 Å². The molecule has 2 heteroatoms. The van der Waals surface area contributed by atoms with E-state index in [2.05, 4.69) is 45.0 Å². The van der Waals surface area contributed by atoms with E-state index >= 15 is 0 Å². The standard InChI is InChI=1S/C13H20OS/c1-10-7-6-8-11(9-10)15-13(4,5)12(2,3)14/h6-9,14H,1-5H3. The summed E-state index contributed by atoms with van der Waals surface area (Å²) in [7, 11) is 0. The van der Waals surface area contributed by atoms with Gasteiger partial charge in [-0.3, -0.25) is 0 Å². The molecule has 0 bridgehead atoms. The van der Waals surface area contributed by atoms with Gasteiger partial charge in [-0.1, -0.05) is 17.7 Å². The maximum Gasteiger partial charge on any atom is 0.0735 e. The second kappa shape index (κ2) is 4.18. The predicted octanol–water partition coefficient (Wildman–Crippen LogP) is 3.64. The van der Waals surface area contributed by atoms with Crippen molar-refractivity contribution in [2.75, 3.05) is 0 Å².